The number of carbonyl (C=O) groups is 2. The van der Waals surface area contributed by atoms with Gasteiger partial charge in [0.25, 0.3) is 0 Å². The number of esters is 1. The zero-order valence-electron chi connectivity index (χ0n) is 8.10. The molecule has 4 nitrogen and oxygen atoms in total. The van der Waals surface area contributed by atoms with E-state index in [9.17, 15) is 9.59 Å². The zero-order valence-corrected chi connectivity index (χ0v) is 8.10. The molecule has 2 aliphatic carbocycles. The first-order chi connectivity index (χ1) is 6.65. The number of hydrogen-bond acceptors (Lipinski definition) is 3. The minimum Gasteiger partial charge on any atom is -0.481 e. The average Bonchev–Trinajstić information content (AvgIpc) is 2.74. The lowest BCUT2D eigenvalue weighted by Gasteiger charge is -2.25. The molecule has 0 amide bonds. The lowest BCUT2D eigenvalue weighted by atomic mass is 9.79. The van der Waals surface area contributed by atoms with E-state index in [0.29, 0.717) is 0 Å². The molecular formula is C10H14O4. The molecule has 2 aliphatic rings. The fourth-order valence-corrected chi connectivity index (χ4v) is 3.12. The number of aliphatic carboxylic acids is 1. The molecule has 1 N–H and O–H groups in total. The average molecular weight is 198 g/mol. The summed E-state index contributed by atoms with van der Waals surface area (Å²) in [4.78, 5) is 22.4. The zero-order chi connectivity index (χ0) is 10.3. The predicted molar refractivity (Wildman–Crippen MR) is 47.5 cm³/mol. The molecule has 0 aromatic heterocycles. The highest BCUT2D eigenvalue weighted by molar-refractivity contribution is 5.82. The van der Waals surface area contributed by atoms with Crippen molar-refractivity contribution in [3.63, 3.8) is 0 Å². The maximum Gasteiger partial charge on any atom is 0.309 e. The molecular weight excluding hydrogens is 184 g/mol. The summed E-state index contributed by atoms with van der Waals surface area (Å²) in [6.07, 6.45) is 2.82. The van der Waals surface area contributed by atoms with Crippen LogP contribution in [-0.2, 0) is 14.3 Å². The van der Waals surface area contributed by atoms with Gasteiger partial charge in [-0.15, -0.1) is 0 Å². The molecule has 2 rings (SSSR count). The van der Waals surface area contributed by atoms with Gasteiger partial charge in [0, 0.05) is 0 Å². The van der Waals surface area contributed by atoms with Crippen molar-refractivity contribution >= 4 is 11.9 Å². The van der Waals surface area contributed by atoms with E-state index >= 15 is 0 Å². The standard InChI is InChI=1S/C10H14O4/c1-14-10(13)8-6-3-2-5(4-6)7(8)9(11)12/h5-8H,2-4H2,1H3,(H,11,12)/t5-,6+,7+,8-/m0/s1. The summed E-state index contributed by atoms with van der Waals surface area (Å²) in [5.41, 5.74) is 0. The van der Waals surface area contributed by atoms with Gasteiger partial charge in [-0.1, -0.05) is 0 Å². The molecule has 14 heavy (non-hydrogen) atoms. The predicted octanol–water partition coefficient (Wildman–Crippen LogP) is 0.906. The van der Waals surface area contributed by atoms with Crippen molar-refractivity contribution in [2.45, 2.75) is 19.3 Å². The molecule has 0 spiro atoms. The number of rotatable bonds is 2. The van der Waals surface area contributed by atoms with Crippen LogP contribution in [0.1, 0.15) is 19.3 Å². The number of fused-ring (bicyclic) bond motifs is 2. The van der Waals surface area contributed by atoms with E-state index in [2.05, 4.69) is 4.74 Å². The topological polar surface area (TPSA) is 63.6 Å². The quantitative estimate of drug-likeness (QED) is 0.670. The largest absolute Gasteiger partial charge is 0.481 e. The SMILES string of the molecule is COC(=O)[C@H]1[C@@H]2CC[C@@H](C2)[C@H]1C(=O)O. The Hall–Kier alpha value is -1.06. The van der Waals surface area contributed by atoms with Crippen LogP contribution in [0, 0.1) is 23.7 Å². The number of carbonyl (C=O) groups excluding carboxylic acids is 1. The first-order valence-corrected chi connectivity index (χ1v) is 4.95. The summed E-state index contributed by atoms with van der Waals surface area (Å²) in [6.45, 7) is 0. The van der Waals surface area contributed by atoms with Crippen molar-refractivity contribution in [3.8, 4) is 0 Å². The van der Waals surface area contributed by atoms with Gasteiger partial charge in [-0.2, -0.15) is 0 Å². The molecule has 0 aromatic carbocycles. The second-order valence-corrected chi connectivity index (χ2v) is 4.25. The van der Waals surface area contributed by atoms with Crippen molar-refractivity contribution in [1.82, 2.24) is 0 Å². The Labute approximate surface area is 82.2 Å². The minimum atomic E-state index is -0.840. The van der Waals surface area contributed by atoms with E-state index in [1.807, 2.05) is 0 Å². The third-order valence-corrected chi connectivity index (χ3v) is 3.67. The Balaban J connectivity index is 2.21. The molecule has 0 unspecified atom stereocenters. The molecule has 0 radical (unpaired) electrons. The van der Waals surface area contributed by atoms with Crippen LogP contribution in [0.2, 0.25) is 0 Å². The maximum absolute atomic E-state index is 11.4. The molecule has 0 aliphatic heterocycles. The second kappa shape index (κ2) is 3.26. The highest BCUT2D eigenvalue weighted by Crippen LogP contribution is 2.52. The second-order valence-electron chi connectivity index (χ2n) is 4.25. The van der Waals surface area contributed by atoms with Crippen molar-refractivity contribution < 1.29 is 19.4 Å². The van der Waals surface area contributed by atoms with Gasteiger partial charge in [0.05, 0.1) is 18.9 Å². The summed E-state index contributed by atoms with van der Waals surface area (Å²) in [5.74, 6) is -1.63. The van der Waals surface area contributed by atoms with Gasteiger partial charge in [-0.05, 0) is 31.1 Å². The summed E-state index contributed by atoms with van der Waals surface area (Å²) >= 11 is 0. The van der Waals surface area contributed by atoms with Crippen LogP contribution >= 0.6 is 0 Å². The van der Waals surface area contributed by atoms with Gasteiger partial charge in [0.15, 0.2) is 0 Å². The van der Waals surface area contributed by atoms with Gasteiger partial charge in [-0.25, -0.2) is 0 Å². The van der Waals surface area contributed by atoms with Crippen LogP contribution in [0.15, 0.2) is 0 Å². The molecule has 2 saturated carbocycles. The molecule has 4 atom stereocenters. The van der Waals surface area contributed by atoms with Crippen molar-refractivity contribution in [3.05, 3.63) is 0 Å². The number of carboxylic acid groups (broad SMARTS) is 1. The molecule has 0 aromatic rings. The number of hydrogen-bond donors (Lipinski definition) is 1. The summed E-state index contributed by atoms with van der Waals surface area (Å²) in [7, 11) is 1.33. The van der Waals surface area contributed by atoms with Gasteiger partial charge in [0.2, 0.25) is 0 Å². The van der Waals surface area contributed by atoms with E-state index in [4.69, 9.17) is 5.11 Å². The number of carboxylic acids is 1. The fourth-order valence-electron chi connectivity index (χ4n) is 3.12. The first kappa shape index (κ1) is 9.49. The van der Waals surface area contributed by atoms with Gasteiger partial charge >= 0.3 is 11.9 Å². The molecule has 0 saturated heterocycles. The van der Waals surface area contributed by atoms with Crippen LogP contribution in [0.25, 0.3) is 0 Å². The van der Waals surface area contributed by atoms with Crippen molar-refractivity contribution in [1.29, 1.82) is 0 Å². The van der Waals surface area contributed by atoms with Crippen LogP contribution in [0.3, 0.4) is 0 Å². The summed E-state index contributed by atoms with van der Waals surface area (Å²) in [6, 6.07) is 0. The van der Waals surface area contributed by atoms with Crippen LogP contribution < -0.4 is 0 Å². The van der Waals surface area contributed by atoms with E-state index in [1.54, 1.807) is 0 Å². The summed E-state index contributed by atoms with van der Waals surface area (Å²) < 4.78 is 4.66. The lowest BCUT2D eigenvalue weighted by Crippen LogP contribution is -2.35. The van der Waals surface area contributed by atoms with Crippen LogP contribution in [0.5, 0.6) is 0 Å². The van der Waals surface area contributed by atoms with E-state index in [-0.39, 0.29) is 17.8 Å². The molecule has 2 bridgehead atoms. The monoisotopic (exact) mass is 198 g/mol. The van der Waals surface area contributed by atoms with Gasteiger partial charge in [-0.3, -0.25) is 9.59 Å². The molecule has 0 heterocycles. The number of methoxy groups -OCH3 is 1. The van der Waals surface area contributed by atoms with E-state index in [0.717, 1.165) is 19.3 Å². The Kier molecular flexibility index (Phi) is 2.21. The van der Waals surface area contributed by atoms with Gasteiger partial charge in [0.1, 0.15) is 0 Å². The molecule has 78 valence electrons. The third-order valence-electron chi connectivity index (χ3n) is 3.67. The lowest BCUT2D eigenvalue weighted by molar-refractivity contribution is -0.158. The highest BCUT2D eigenvalue weighted by atomic mass is 16.5. The van der Waals surface area contributed by atoms with E-state index in [1.165, 1.54) is 7.11 Å². The highest BCUT2D eigenvalue weighted by Gasteiger charge is 2.54. The Morgan fingerprint density at radius 3 is 2.29 bits per heavy atom. The summed E-state index contributed by atoms with van der Waals surface area (Å²) in [5, 5.41) is 9.04. The third kappa shape index (κ3) is 1.21. The first-order valence-electron chi connectivity index (χ1n) is 4.95. The van der Waals surface area contributed by atoms with Crippen LogP contribution in [-0.4, -0.2) is 24.2 Å². The Bertz CT molecular complexity index is 273. The smallest absolute Gasteiger partial charge is 0.309 e. The molecule has 2 fully saturated rings. The van der Waals surface area contributed by atoms with Gasteiger partial charge < -0.3 is 9.84 Å². The van der Waals surface area contributed by atoms with Crippen molar-refractivity contribution in [2.75, 3.05) is 7.11 Å². The van der Waals surface area contributed by atoms with Crippen molar-refractivity contribution in [2.24, 2.45) is 23.7 Å². The van der Waals surface area contributed by atoms with E-state index < -0.39 is 17.8 Å². The maximum atomic E-state index is 11.4. The van der Waals surface area contributed by atoms with Crippen LogP contribution in [0.4, 0.5) is 0 Å². The Morgan fingerprint density at radius 1 is 1.21 bits per heavy atom. The normalized spacial score (nSPS) is 39.8. The fraction of sp³-hybridized carbons (Fsp3) is 0.800. The Morgan fingerprint density at radius 2 is 1.79 bits per heavy atom. The minimum absolute atomic E-state index is 0.196. The molecule has 4 heteroatoms. The number of ether oxygens (including phenoxy) is 1.